The molecule has 0 spiro atoms. The monoisotopic (exact) mass is 383 g/mol. The van der Waals surface area contributed by atoms with Crippen molar-refractivity contribution in [1.29, 1.82) is 0 Å². The molecule has 4 heterocycles. The molecular formula is C21H29N5O2. The topological polar surface area (TPSA) is 55.7 Å². The molecule has 2 saturated heterocycles. The van der Waals surface area contributed by atoms with Crippen LogP contribution in [0.1, 0.15) is 48.8 Å². The molecule has 3 aliphatic heterocycles. The maximum atomic E-state index is 5.53. The molecule has 0 radical (unpaired) electrons. The fourth-order valence-corrected chi connectivity index (χ4v) is 4.72. The van der Waals surface area contributed by atoms with Crippen LogP contribution in [0, 0.1) is 0 Å². The Balaban J connectivity index is 1.25. The van der Waals surface area contributed by atoms with Crippen molar-refractivity contribution in [1.82, 2.24) is 24.6 Å². The van der Waals surface area contributed by atoms with E-state index in [-0.39, 0.29) is 0 Å². The van der Waals surface area contributed by atoms with Crippen molar-refractivity contribution in [2.24, 2.45) is 7.05 Å². The number of hydrogen-bond acceptors (Lipinski definition) is 6. The van der Waals surface area contributed by atoms with Gasteiger partial charge in [-0.3, -0.25) is 9.80 Å². The summed E-state index contributed by atoms with van der Waals surface area (Å²) in [4.78, 5) is 5.02. The van der Waals surface area contributed by atoms with Crippen LogP contribution in [0.4, 0.5) is 0 Å². The molecule has 7 nitrogen and oxygen atoms in total. The van der Waals surface area contributed by atoms with Crippen LogP contribution in [0.15, 0.2) is 18.2 Å². The molecule has 1 aromatic carbocycles. The highest BCUT2D eigenvalue weighted by atomic mass is 16.7. The Morgan fingerprint density at radius 2 is 1.79 bits per heavy atom. The average molecular weight is 383 g/mol. The second kappa shape index (κ2) is 7.72. The van der Waals surface area contributed by atoms with Crippen LogP contribution in [0.2, 0.25) is 0 Å². The van der Waals surface area contributed by atoms with Gasteiger partial charge in [0.05, 0.1) is 6.54 Å². The third kappa shape index (κ3) is 3.61. The van der Waals surface area contributed by atoms with Crippen LogP contribution in [-0.4, -0.2) is 57.5 Å². The molecule has 2 fully saturated rings. The Hall–Kier alpha value is -2.12. The number of rotatable bonds is 5. The first-order valence-corrected chi connectivity index (χ1v) is 10.5. The molecule has 5 rings (SSSR count). The summed E-state index contributed by atoms with van der Waals surface area (Å²) in [6.45, 7) is 6.73. The molecule has 7 heteroatoms. The molecule has 0 amide bonds. The van der Waals surface area contributed by atoms with E-state index in [4.69, 9.17) is 9.47 Å². The van der Waals surface area contributed by atoms with E-state index < -0.39 is 0 Å². The maximum absolute atomic E-state index is 5.53. The van der Waals surface area contributed by atoms with E-state index in [0.29, 0.717) is 12.7 Å². The van der Waals surface area contributed by atoms with Crippen molar-refractivity contribution in [3.63, 3.8) is 0 Å². The molecule has 0 bridgehead atoms. The van der Waals surface area contributed by atoms with E-state index in [1.165, 1.54) is 44.3 Å². The van der Waals surface area contributed by atoms with E-state index in [1.807, 2.05) is 6.07 Å². The fraction of sp³-hybridized carbons (Fsp3) is 0.619. The lowest BCUT2D eigenvalue weighted by Gasteiger charge is -2.32. The summed E-state index contributed by atoms with van der Waals surface area (Å²) in [5, 5.41) is 9.12. The first-order chi connectivity index (χ1) is 13.8. The van der Waals surface area contributed by atoms with Gasteiger partial charge in [0, 0.05) is 26.1 Å². The van der Waals surface area contributed by atoms with E-state index in [9.17, 15) is 0 Å². The normalized spacial score (nSPS) is 22.8. The molecule has 1 aromatic heterocycles. The number of nitrogens with zero attached hydrogens (tertiary/aromatic N) is 5. The third-order valence-corrected chi connectivity index (χ3v) is 6.28. The molecule has 0 aliphatic carbocycles. The first kappa shape index (κ1) is 17.9. The molecule has 3 aliphatic rings. The highest BCUT2D eigenvalue weighted by Crippen LogP contribution is 2.33. The van der Waals surface area contributed by atoms with Crippen LogP contribution in [0.3, 0.4) is 0 Å². The minimum absolute atomic E-state index is 0.330. The standard InChI is InChI=1S/C21H29N5O2/c1-24-20(14-25-8-2-3-9-25)22-23-21(24)17-5-4-10-26(13-17)12-16-6-7-18-19(11-16)28-15-27-18/h6-7,11,17H,2-5,8-10,12-15H2,1H3/t17-/m0/s1. The highest BCUT2D eigenvalue weighted by Gasteiger charge is 2.27. The van der Waals surface area contributed by atoms with Crippen molar-refractivity contribution < 1.29 is 9.47 Å². The number of fused-ring (bicyclic) bond motifs is 1. The van der Waals surface area contributed by atoms with Gasteiger partial charge in [-0.05, 0) is 63.0 Å². The summed E-state index contributed by atoms with van der Waals surface area (Å²) < 4.78 is 13.2. The quantitative estimate of drug-likeness (QED) is 0.791. The number of benzene rings is 1. The van der Waals surface area contributed by atoms with Crippen molar-refractivity contribution in [3.05, 3.63) is 35.4 Å². The van der Waals surface area contributed by atoms with Gasteiger partial charge in [0.1, 0.15) is 11.6 Å². The van der Waals surface area contributed by atoms with E-state index in [1.54, 1.807) is 0 Å². The molecule has 150 valence electrons. The minimum Gasteiger partial charge on any atom is -0.454 e. The Bertz CT molecular complexity index is 830. The Morgan fingerprint density at radius 1 is 0.964 bits per heavy atom. The predicted octanol–water partition coefficient (Wildman–Crippen LogP) is 2.52. The lowest BCUT2D eigenvalue weighted by molar-refractivity contribution is 0.173. The molecular weight excluding hydrogens is 354 g/mol. The van der Waals surface area contributed by atoms with Gasteiger partial charge in [0.2, 0.25) is 6.79 Å². The fourth-order valence-electron chi connectivity index (χ4n) is 4.72. The summed E-state index contributed by atoms with van der Waals surface area (Å²) in [6.07, 6.45) is 5.00. The number of ether oxygens (including phenoxy) is 2. The zero-order valence-corrected chi connectivity index (χ0v) is 16.6. The zero-order chi connectivity index (χ0) is 18.9. The van der Waals surface area contributed by atoms with E-state index in [2.05, 4.69) is 43.7 Å². The highest BCUT2D eigenvalue weighted by molar-refractivity contribution is 5.44. The second-order valence-electron chi connectivity index (χ2n) is 8.28. The number of likely N-dealkylation sites (tertiary alicyclic amines) is 2. The summed E-state index contributed by atoms with van der Waals surface area (Å²) in [5.74, 6) is 4.41. The maximum Gasteiger partial charge on any atom is 0.231 e. The number of aromatic nitrogens is 3. The Kier molecular flexibility index (Phi) is 4.94. The van der Waals surface area contributed by atoms with Crippen molar-refractivity contribution >= 4 is 0 Å². The predicted molar refractivity (Wildman–Crippen MR) is 105 cm³/mol. The van der Waals surface area contributed by atoms with Gasteiger partial charge in [0.15, 0.2) is 11.5 Å². The Morgan fingerprint density at radius 3 is 2.68 bits per heavy atom. The van der Waals surface area contributed by atoms with Crippen LogP contribution < -0.4 is 9.47 Å². The van der Waals surface area contributed by atoms with Gasteiger partial charge in [-0.25, -0.2) is 0 Å². The number of piperidine rings is 1. The average Bonchev–Trinajstić information content (AvgIpc) is 3.45. The van der Waals surface area contributed by atoms with Crippen molar-refractivity contribution in [3.8, 4) is 11.5 Å². The lowest BCUT2D eigenvalue weighted by atomic mass is 9.96. The van der Waals surface area contributed by atoms with Crippen LogP contribution in [0.5, 0.6) is 11.5 Å². The van der Waals surface area contributed by atoms with E-state index in [0.717, 1.165) is 49.3 Å². The summed E-state index contributed by atoms with van der Waals surface area (Å²) in [5.41, 5.74) is 1.28. The zero-order valence-electron chi connectivity index (χ0n) is 16.6. The molecule has 2 aromatic rings. The number of hydrogen-bond donors (Lipinski definition) is 0. The molecule has 0 N–H and O–H groups in total. The SMILES string of the molecule is Cn1c(CN2CCCC2)nnc1[C@H]1CCCN(Cc2ccc3c(c2)OCO3)C1. The van der Waals surface area contributed by atoms with Crippen LogP contribution in [0.25, 0.3) is 0 Å². The molecule has 0 saturated carbocycles. The minimum atomic E-state index is 0.330. The lowest BCUT2D eigenvalue weighted by Crippen LogP contribution is -2.35. The largest absolute Gasteiger partial charge is 0.454 e. The summed E-state index contributed by atoms with van der Waals surface area (Å²) in [7, 11) is 2.14. The third-order valence-electron chi connectivity index (χ3n) is 6.28. The van der Waals surface area contributed by atoms with Crippen LogP contribution in [-0.2, 0) is 20.1 Å². The van der Waals surface area contributed by atoms with Gasteiger partial charge in [-0.2, -0.15) is 0 Å². The van der Waals surface area contributed by atoms with Gasteiger partial charge < -0.3 is 14.0 Å². The first-order valence-electron chi connectivity index (χ1n) is 10.5. The van der Waals surface area contributed by atoms with Gasteiger partial charge >= 0.3 is 0 Å². The van der Waals surface area contributed by atoms with Gasteiger partial charge in [-0.15, -0.1) is 10.2 Å². The molecule has 0 unspecified atom stereocenters. The van der Waals surface area contributed by atoms with E-state index >= 15 is 0 Å². The summed E-state index contributed by atoms with van der Waals surface area (Å²) >= 11 is 0. The smallest absolute Gasteiger partial charge is 0.231 e. The molecule has 28 heavy (non-hydrogen) atoms. The molecule has 1 atom stereocenters. The van der Waals surface area contributed by atoms with Crippen LogP contribution >= 0.6 is 0 Å². The van der Waals surface area contributed by atoms with Crippen molar-refractivity contribution in [2.45, 2.75) is 44.7 Å². The van der Waals surface area contributed by atoms with Crippen molar-refractivity contribution in [2.75, 3.05) is 33.0 Å². The Labute approximate surface area is 166 Å². The summed E-state index contributed by atoms with van der Waals surface area (Å²) in [6, 6.07) is 6.28. The van der Waals surface area contributed by atoms with Gasteiger partial charge in [0.25, 0.3) is 0 Å². The van der Waals surface area contributed by atoms with Gasteiger partial charge in [-0.1, -0.05) is 6.07 Å². The second-order valence-corrected chi connectivity index (χ2v) is 8.28.